The molecule has 0 spiro atoms. The van der Waals surface area contributed by atoms with Crippen LogP contribution in [-0.4, -0.2) is 33.4 Å². The summed E-state index contributed by atoms with van der Waals surface area (Å²) in [6, 6.07) is 0.962. The van der Waals surface area contributed by atoms with Crippen LogP contribution in [0.25, 0.3) is 0 Å². The number of rotatable bonds is 5. The number of hydrogen-bond acceptors (Lipinski definition) is 6. The molecule has 17 heavy (non-hydrogen) atoms. The van der Waals surface area contributed by atoms with Crippen molar-refractivity contribution in [2.24, 2.45) is 5.73 Å². The number of pyridine rings is 1. The van der Waals surface area contributed by atoms with Crippen LogP contribution in [0.4, 0.5) is 11.5 Å². The third-order valence-electron chi connectivity index (χ3n) is 1.75. The Morgan fingerprint density at radius 1 is 1.59 bits per heavy atom. The van der Waals surface area contributed by atoms with Crippen LogP contribution >= 0.6 is 0 Å². The molecule has 0 aliphatic heterocycles. The van der Waals surface area contributed by atoms with Gasteiger partial charge in [0.2, 0.25) is 5.91 Å². The van der Waals surface area contributed by atoms with Gasteiger partial charge in [0, 0.05) is 6.07 Å². The Hall–Kier alpha value is -2.71. The zero-order valence-electron chi connectivity index (χ0n) is 8.41. The quantitative estimate of drug-likeness (QED) is 0.467. The number of amides is 1. The predicted molar refractivity (Wildman–Crippen MR) is 55.5 cm³/mol. The van der Waals surface area contributed by atoms with Gasteiger partial charge in [0.25, 0.3) is 0 Å². The summed E-state index contributed by atoms with van der Waals surface area (Å²) in [6.07, 6.45) is 0.798. The molecule has 4 N–H and O–H groups in total. The maximum Gasteiger partial charge on any atom is 0.342 e. The van der Waals surface area contributed by atoms with E-state index in [1.165, 1.54) is 0 Å². The van der Waals surface area contributed by atoms with Crippen molar-refractivity contribution < 1.29 is 19.6 Å². The fourth-order valence-corrected chi connectivity index (χ4v) is 1.04. The van der Waals surface area contributed by atoms with Gasteiger partial charge in [-0.05, 0) is 0 Å². The normalized spacial score (nSPS) is 9.65. The second-order valence-corrected chi connectivity index (χ2v) is 2.97. The van der Waals surface area contributed by atoms with Gasteiger partial charge >= 0.3 is 11.7 Å². The Balaban J connectivity index is 3.05. The summed E-state index contributed by atoms with van der Waals surface area (Å²) < 4.78 is 0. The molecule has 9 heteroatoms. The molecule has 0 saturated carbocycles. The highest BCUT2D eigenvalue weighted by Gasteiger charge is 2.20. The van der Waals surface area contributed by atoms with Gasteiger partial charge in [0.05, 0.1) is 11.5 Å². The maximum absolute atomic E-state index is 10.8. The first kappa shape index (κ1) is 12.4. The second kappa shape index (κ2) is 4.88. The molecule has 1 heterocycles. The van der Waals surface area contributed by atoms with Gasteiger partial charge < -0.3 is 16.2 Å². The number of nitrogens with two attached hydrogens (primary N) is 1. The molecule has 0 unspecified atom stereocenters. The molecule has 0 saturated heterocycles. The number of primary amides is 1. The van der Waals surface area contributed by atoms with Crippen LogP contribution in [0.15, 0.2) is 12.3 Å². The fourth-order valence-electron chi connectivity index (χ4n) is 1.04. The Morgan fingerprint density at radius 3 is 2.71 bits per heavy atom. The highest BCUT2D eigenvalue weighted by molar-refractivity contribution is 5.93. The molecule has 0 fully saturated rings. The van der Waals surface area contributed by atoms with E-state index in [0.717, 1.165) is 12.3 Å². The van der Waals surface area contributed by atoms with Crippen molar-refractivity contribution >= 4 is 23.4 Å². The van der Waals surface area contributed by atoms with Crippen molar-refractivity contribution in [3.8, 4) is 0 Å². The van der Waals surface area contributed by atoms with Gasteiger partial charge in [-0.25, -0.2) is 9.78 Å². The average Bonchev–Trinajstić information content (AvgIpc) is 2.25. The first-order chi connectivity index (χ1) is 7.91. The smallest absolute Gasteiger partial charge is 0.342 e. The standard InChI is InChI=1S/C8H8N4O5/c9-6(13)3-11-7-1-4(8(14)15)5(2-10-7)12(16)17/h1-2H,3H2,(H2,9,13)(H,10,11)(H,14,15). The number of anilines is 1. The molecule has 1 aromatic heterocycles. The van der Waals surface area contributed by atoms with Crippen molar-refractivity contribution in [3.05, 3.63) is 27.9 Å². The number of nitrogens with zero attached hydrogens (tertiary/aromatic N) is 2. The Kier molecular flexibility index (Phi) is 3.55. The molecule has 9 nitrogen and oxygen atoms in total. The number of carboxylic acid groups (broad SMARTS) is 1. The SMILES string of the molecule is NC(=O)CNc1cc(C(=O)O)c([N+](=O)[O-])cn1. The predicted octanol–water partition coefficient (Wildman–Crippen LogP) is -0.415. The lowest BCUT2D eigenvalue weighted by molar-refractivity contribution is -0.385. The molecule has 1 rings (SSSR count). The van der Waals surface area contributed by atoms with Gasteiger partial charge in [-0.2, -0.15) is 0 Å². The number of carbonyl (C=O) groups is 2. The molecular formula is C8H8N4O5. The summed E-state index contributed by atoms with van der Waals surface area (Å²) >= 11 is 0. The minimum atomic E-state index is -1.46. The number of carbonyl (C=O) groups excluding carboxylic acids is 1. The van der Waals surface area contributed by atoms with Gasteiger partial charge in [-0.3, -0.25) is 14.9 Å². The van der Waals surface area contributed by atoms with Crippen LogP contribution in [0.2, 0.25) is 0 Å². The lowest BCUT2D eigenvalue weighted by Gasteiger charge is -2.04. The second-order valence-electron chi connectivity index (χ2n) is 2.97. The van der Waals surface area contributed by atoms with Crippen molar-refractivity contribution in [2.45, 2.75) is 0 Å². The summed E-state index contributed by atoms with van der Waals surface area (Å²) in [5.41, 5.74) is 3.72. The van der Waals surface area contributed by atoms with Crippen molar-refractivity contribution in [2.75, 3.05) is 11.9 Å². The molecular weight excluding hydrogens is 232 g/mol. The van der Waals surface area contributed by atoms with E-state index in [4.69, 9.17) is 10.8 Å². The number of hydrogen-bond donors (Lipinski definition) is 3. The first-order valence-electron chi connectivity index (χ1n) is 4.31. The minimum absolute atomic E-state index is 0.0202. The minimum Gasteiger partial charge on any atom is -0.477 e. The molecule has 1 amide bonds. The van der Waals surface area contributed by atoms with E-state index in [2.05, 4.69) is 10.3 Å². The van der Waals surface area contributed by atoms with E-state index in [0.29, 0.717) is 0 Å². The number of nitrogens with one attached hydrogen (secondary N) is 1. The Morgan fingerprint density at radius 2 is 2.24 bits per heavy atom. The highest BCUT2D eigenvalue weighted by atomic mass is 16.6. The van der Waals surface area contributed by atoms with Crippen molar-refractivity contribution in [1.82, 2.24) is 4.98 Å². The Labute approximate surface area is 94.4 Å². The van der Waals surface area contributed by atoms with Gasteiger partial charge in [0.15, 0.2) is 0 Å². The Bertz CT molecular complexity index is 487. The summed E-state index contributed by atoms with van der Waals surface area (Å²) in [6.45, 7) is -0.246. The highest BCUT2D eigenvalue weighted by Crippen LogP contribution is 2.19. The number of nitro groups is 1. The third-order valence-corrected chi connectivity index (χ3v) is 1.75. The maximum atomic E-state index is 10.8. The van der Waals surface area contributed by atoms with Crippen LogP contribution in [0.1, 0.15) is 10.4 Å². The largest absolute Gasteiger partial charge is 0.477 e. The third kappa shape index (κ3) is 3.12. The molecule has 0 atom stereocenters. The summed E-state index contributed by atoms with van der Waals surface area (Å²) in [5, 5.41) is 21.7. The number of aromatic carboxylic acids is 1. The summed E-state index contributed by atoms with van der Waals surface area (Å²) in [4.78, 5) is 34.5. The van der Waals surface area contributed by atoms with Crippen LogP contribution < -0.4 is 11.1 Å². The van der Waals surface area contributed by atoms with Crippen LogP contribution in [-0.2, 0) is 4.79 Å². The number of carboxylic acids is 1. The molecule has 0 aromatic carbocycles. The van der Waals surface area contributed by atoms with Gasteiger partial charge in [-0.15, -0.1) is 0 Å². The van der Waals surface area contributed by atoms with E-state index in [1.807, 2.05) is 0 Å². The number of aromatic nitrogens is 1. The van der Waals surface area contributed by atoms with E-state index < -0.39 is 28.1 Å². The van der Waals surface area contributed by atoms with E-state index >= 15 is 0 Å². The van der Waals surface area contributed by atoms with Crippen LogP contribution in [0.5, 0.6) is 0 Å². The summed E-state index contributed by atoms with van der Waals surface area (Å²) in [7, 11) is 0. The van der Waals surface area contributed by atoms with Gasteiger partial charge in [0.1, 0.15) is 17.6 Å². The van der Waals surface area contributed by atoms with Crippen LogP contribution in [0.3, 0.4) is 0 Å². The molecule has 0 aliphatic rings. The van der Waals surface area contributed by atoms with E-state index in [9.17, 15) is 19.7 Å². The lowest BCUT2D eigenvalue weighted by Crippen LogP contribution is -2.22. The zero-order valence-corrected chi connectivity index (χ0v) is 8.41. The van der Waals surface area contributed by atoms with Gasteiger partial charge in [-0.1, -0.05) is 0 Å². The zero-order chi connectivity index (χ0) is 13.0. The van der Waals surface area contributed by atoms with E-state index in [-0.39, 0.29) is 12.4 Å². The molecule has 1 aromatic rings. The first-order valence-corrected chi connectivity index (χ1v) is 4.31. The topological polar surface area (TPSA) is 148 Å². The van der Waals surface area contributed by atoms with E-state index in [1.54, 1.807) is 0 Å². The fraction of sp³-hybridized carbons (Fsp3) is 0.125. The average molecular weight is 240 g/mol. The molecule has 0 bridgehead atoms. The van der Waals surface area contributed by atoms with Crippen molar-refractivity contribution in [1.29, 1.82) is 0 Å². The molecule has 90 valence electrons. The monoisotopic (exact) mass is 240 g/mol. The summed E-state index contributed by atoms with van der Waals surface area (Å²) in [5.74, 6) is -2.10. The molecule has 0 aliphatic carbocycles. The van der Waals surface area contributed by atoms with Crippen molar-refractivity contribution in [3.63, 3.8) is 0 Å². The molecule has 0 radical (unpaired) electrons. The lowest BCUT2D eigenvalue weighted by atomic mass is 10.2. The van der Waals surface area contributed by atoms with Crippen LogP contribution in [0, 0.1) is 10.1 Å².